The minimum absolute atomic E-state index is 0.00407. The number of hydrogen-bond acceptors (Lipinski definition) is 3. The van der Waals surface area contributed by atoms with Crippen LogP contribution in [0.5, 0.6) is 0 Å². The number of aryl methyl sites for hydroxylation is 1. The average Bonchev–Trinajstić information content (AvgIpc) is 2.56. The lowest BCUT2D eigenvalue weighted by Crippen LogP contribution is -2.34. The predicted octanol–water partition coefficient (Wildman–Crippen LogP) is 3.73. The molecule has 0 aromatic heterocycles. The van der Waals surface area contributed by atoms with Gasteiger partial charge in [0, 0.05) is 10.6 Å². The van der Waals surface area contributed by atoms with Gasteiger partial charge in [-0.3, -0.25) is 10.1 Å². The molecule has 2 aromatic carbocycles. The molecular weight excluding hydrogens is 348 g/mol. The summed E-state index contributed by atoms with van der Waals surface area (Å²) in [5, 5.41) is 14.7. The Hall–Kier alpha value is -2.44. The fourth-order valence-electron chi connectivity index (χ4n) is 2.02. The third-order valence-corrected chi connectivity index (χ3v) is 3.75. The van der Waals surface area contributed by atoms with E-state index in [0.29, 0.717) is 10.6 Å². The normalized spacial score (nSPS) is 10.1. The summed E-state index contributed by atoms with van der Waals surface area (Å²) < 4.78 is 0. The van der Waals surface area contributed by atoms with E-state index in [4.69, 9.17) is 23.8 Å². The summed E-state index contributed by atoms with van der Waals surface area (Å²) >= 11 is 10.9. The highest BCUT2D eigenvalue weighted by molar-refractivity contribution is 7.80. The molecular formula is C17H15ClN2O3S. The SMILES string of the molecule is CCc1ccc(C(=O)NC(=S)Nc2ccc(Cl)cc2C(=O)O)cc1. The highest BCUT2D eigenvalue weighted by Crippen LogP contribution is 2.20. The van der Waals surface area contributed by atoms with Crippen molar-refractivity contribution in [3.05, 3.63) is 64.2 Å². The van der Waals surface area contributed by atoms with Crippen molar-refractivity contribution >= 4 is 46.5 Å². The lowest BCUT2D eigenvalue weighted by Gasteiger charge is -2.12. The highest BCUT2D eigenvalue weighted by atomic mass is 35.5. The van der Waals surface area contributed by atoms with Crippen LogP contribution in [0.1, 0.15) is 33.2 Å². The monoisotopic (exact) mass is 362 g/mol. The number of benzene rings is 2. The fourth-order valence-corrected chi connectivity index (χ4v) is 2.40. The summed E-state index contributed by atoms with van der Waals surface area (Å²) in [6.45, 7) is 2.03. The van der Waals surface area contributed by atoms with E-state index in [1.54, 1.807) is 12.1 Å². The third kappa shape index (κ3) is 4.53. The molecule has 0 atom stereocenters. The predicted molar refractivity (Wildman–Crippen MR) is 97.9 cm³/mol. The second-order valence-corrected chi connectivity index (χ2v) is 5.80. The van der Waals surface area contributed by atoms with Gasteiger partial charge in [-0.2, -0.15) is 0 Å². The molecule has 0 unspecified atom stereocenters. The number of hydrogen-bond donors (Lipinski definition) is 3. The first-order valence-corrected chi connectivity index (χ1v) is 7.93. The Morgan fingerprint density at radius 1 is 1.17 bits per heavy atom. The van der Waals surface area contributed by atoms with E-state index in [2.05, 4.69) is 10.6 Å². The fraction of sp³-hybridized carbons (Fsp3) is 0.118. The second-order valence-electron chi connectivity index (χ2n) is 4.95. The number of rotatable bonds is 4. The van der Waals surface area contributed by atoms with E-state index in [9.17, 15) is 14.7 Å². The quantitative estimate of drug-likeness (QED) is 0.722. The number of thiocarbonyl (C=S) groups is 1. The van der Waals surface area contributed by atoms with Crippen LogP contribution in [0.4, 0.5) is 5.69 Å². The minimum Gasteiger partial charge on any atom is -0.478 e. The van der Waals surface area contributed by atoms with E-state index >= 15 is 0 Å². The molecule has 0 aliphatic heterocycles. The molecule has 2 rings (SSSR count). The smallest absolute Gasteiger partial charge is 0.337 e. The van der Waals surface area contributed by atoms with Crippen LogP contribution in [0.25, 0.3) is 0 Å². The molecule has 0 spiro atoms. The molecule has 124 valence electrons. The maximum absolute atomic E-state index is 12.1. The molecule has 0 bridgehead atoms. The molecule has 0 saturated carbocycles. The van der Waals surface area contributed by atoms with E-state index in [1.165, 1.54) is 18.2 Å². The van der Waals surface area contributed by atoms with Crippen LogP contribution in [-0.2, 0) is 6.42 Å². The molecule has 0 aliphatic rings. The lowest BCUT2D eigenvalue weighted by molar-refractivity contribution is 0.0698. The number of carbonyl (C=O) groups is 2. The van der Waals surface area contributed by atoms with Gasteiger partial charge >= 0.3 is 5.97 Å². The Labute approximate surface area is 149 Å². The summed E-state index contributed by atoms with van der Waals surface area (Å²) in [5.41, 5.74) is 1.80. The van der Waals surface area contributed by atoms with Crippen molar-refractivity contribution in [2.45, 2.75) is 13.3 Å². The summed E-state index contributed by atoms with van der Waals surface area (Å²) in [6, 6.07) is 11.5. The first-order chi connectivity index (χ1) is 11.4. The molecule has 0 heterocycles. The Bertz CT molecular complexity index is 791. The van der Waals surface area contributed by atoms with Gasteiger partial charge in [0.1, 0.15) is 0 Å². The Morgan fingerprint density at radius 2 is 1.83 bits per heavy atom. The van der Waals surface area contributed by atoms with Gasteiger partial charge in [-0.05, 0) is 54.5 Å². The van der Waals surface area contributed by atoms with Gasteiger partial charge in [0.05, 0.1) is 11.3 Å². The summed E-state index contributed by atoms with van der Waals surface area (Å²) in [7, 11) is 0. The number of amides is 1. The number of anilines is 1. The molecule has 2 aromatic rings. The van der Waals surface area contributed by atoms with Crippen LogP contribution < -0.4 is 10.6 Å². The van der Waals surface area contributed by atoms with Gasteiger partial charge in [0.15, 0.2) is 5.11 Å². The first kappa shape index (κ1) is 17.9. The molecule has 1 amide bonds. The summed E-state index contributed by atoms with van der Waals surface area (Å²) in [4.78, 5) is 23.4. The van der Waals surface area contributed by atoms with Crippen molar-refractivity contribution in [3.8, 4) is 0 Å². The van der Waals surface area contributed by atoms with Gasteiger partial charge in [0.25, 0.3) is 5.91 Å². The van der Waals surface area contributed by atoms with Crippen molar-refractivity contribution in [2.24, 2.45) is 0 Å². The first-order valence-electron chi connectivity index (χ1n) is 7.15. The van der Waals surface area contributed by atoms with Crippen LogP contribution in [-0.4, -0.2) is 22.1 Å². The molecule has 24 heavy (non-hydrogen) atoms. The van der Waals surface area contributed by atoms with Crippen LogP contribution >= 0.6 is 23.8 Å². The number of carbonyl (C=O) groups excluding carboxylic acids is 1. The third-order valence-electron chi connectivity index (χ3n) is 3.31. The topological polar surface area (TPSA) is 78.4 Å². The molecule has 7 heteroatoms. The largest absolute Gasteiger partial charge is 0.478 e. The van der Waals surface area contributed by atoms with Gasteiger partial charge in [-0.15, -0.1) is 0 Å². The van der Waals surface area contributed by atoms with Crippen LogP contribution in [0.3, 0.4) is 0 Å². The molecule has 0 fully saturated rings. The zero-order valence-corrected chi connectivity index (χ0v) is 14.4. The van der Waals surface area contributed by atoms with Crippen LogP contribution in [0.2, 0.25) is 5.02 Å². The van der Waals surface area contributed by atoms with Crippen molar-refractivity contribution in [1.82, 2.24) is 5.32 Å². The van der Waals surface area contributed by atoms with E-state index in [1.807, 2.05) is 19.1 Å². The van der Waals surface area contributed by atoms with E-state index in [0.717, 1.165) is 12.0 Å². The second kappa shape index (κ2) is 7.90. The molecule has 0 radical (unpaired) electrons. The Kier molecular flexibility index (Phi) is 5.89. The van der Waals surface area contributed by atoms with Gasteiger partial charge in [0.2, 0.25) is 0 Å². The minimum atomic E-state index is -1.15. The lowest BCUT2D eigenvalue weighted by atomic mass is 10.1. The summed E-state index contributed by atoms with van der Waals surface area (Å²) in [5.74, 6) is -1.52. The Balaban J connectivity index is 2.07. The molecule has 0 aliphatic carbocycles. The van der Waals surface area contributed by atoms with E-state index in [-0.39, 0.29) is 22.3 Å². The van der Waals surface area contributed by atoms with Crippen LogP contribution in [0.15, 0.2) is 42.5 Å². The zero-order chi connectivity index (χ0) is 17.7. The number of carboxylic acid groups (broad SMARTS) is 1. The van der Waals surface area contributed by atoms with E-state index < -0.39 is 5.97 Å². The van der Waals surface area contributed by atoms with Crippen molar-refractivity contribution < 1.29 is 14.7 Å². The molecule has 5 nitrogen and oxygen atoms in total. The number of nitrogens with one attached hydrogen (secondary N) is 2. The standard InChI is InChI=1S/C17H15ClN2O3S/c1-2-10-3-5-11(6-4-10)15(21)20-17(24)19-14-8-7-12(18)9-13(14)16(22)23/h3-9H,2H2,1H3,(H,22,23)(H2,19,20,21,24). The number of aromatic carboxylic acids is 1. The molecule has 3 N–H and O–H groups in total. The number of halogens is 1. The highest BCUT2D eigenvalue weighted by Gasteiger charge is 2.13. The van der Waals surface area contributed by atoms with Crippen molar-refractivity contribution in [3.63, 3.8) is 0 Å². The Morgan fingerprint density at radius 3 is 2.42 bits per heavy atom. The van der Waals surface area contributed by atoms with Crippen molar-refractivity contribution in [2.75, 3.05) is 5.32 Å². The summed E-state index contributed by atoms with van der Waals surface area (Å²) in [6.07, 6.45) is 0.885. The zero-order valence-electron chi connectivity index (χ0n) is 12.8. The maximum atomic E-state index is 12.1. The molecule has 0 saturated heterocycles. The van der Waals surface area contributed by atoms with Gasteiger partial charge in [-0.1, -0.05) is 30.7 Å². The maximum Gasteiger partial charge on any atom is 0.337 e. The van der Waals surface area contributed by atoms with Crippen molar-refractivity contribution in [1.29, 1.82) is 0 Å². The van der Waals surface area contributed by atoms with Crippen LogP contribution in [0, 0.1) is 0 Å². The average molecular weight is 363 g/mol. The van der Waals surface area contributed by atoms with Gasteiger partial charge in [-0.25, -0.2) is 4.79 Å². The number of carboxylic acids is 1. The van der Waals surface area contributed by atoms with Gasteiger partial charge < -0.3 is 10.4 Å².